The third-order valence-corrected chi connectivity index (χ3v) is 11.0. The summed E-state index contributed by atoms with van der Waals surface area (Å²) in [6.07, 6.45) is 51.2. The van der Waals surface area contributed by atoms with Crippen molar-refractivity contribution in [1.29, 1.82) is 0 Å². The van der Waals surface area contributed by atoms with Gasteiger partial charge in [-0.05, 0) is 77.0 Å². The number of hydrogen-bond acceptors (Lipinski definition) is 7. The number of phosphoric acid groups is 1. The first kappa shape index (κ1) is 57.7. The van der Waals surface area contributed by atoms with Crippen molar-refractivity contribution in [2.75, 3.05) is 47.5 Å². The molecule has 0 spiro atoms. The van der Waals surface area contributed by atoms with Crippen LogP contribution in [0.5, 0.6) is 0 Å². The summed E-state index contributed by atoms with van der Waals surface area (Å²) in [5.74, 6) is -0.829. The van der Waals surface area contributed by atoms with Crippen LogP contribution in [0.4, 0.5) is 0 Å². The van der Waals surface area contributed by atoms with Crippen molar-refractivity contribution in [2.24, 2.45) is 0 Å². The highest BCUT2D eigenvalue weighted by Crippen LogP contribution is 2.43. The Morgan fingerprint density at radius 3 is 1.43 bits per heavy atom. The normalized spacial score (nSPS) is 14.0. The second kappa shape index (κ2) is 42.0. The molecular weight excluding hydrogens is 774 g/mol. The molecule has 1 unspecified atom stereocenters. The van der Waals surface area contributed by atoms with Gasteiger partial charge in [0.25, 0.3) is 0 Å². The minimum Gasteiger partial charge on any atom is -0.462 e. The van der Waals surface area contributed by atoms with Crippen LogP contribution in [0, 0.1) is 0 Å². The number of unbranched alkanes of at least 4 members (excludes halogenated alkanes) is 19. The first-order chi connectivity index (χ1) is 29.0. The molecule has 0 saturated heterocycles. The van der Waals surface area contributed by atoms with Gasteiger partial charge in [0.2, 0.25) is 0 Å². The van der Waals surface area contributed by atoms with Crippen LogP contribution in [0.3, 0.4) is 0 Å². The SMILES string of the molecule is CC/C=C\C/C=C\C/C=C\C/C=C\CCCCCCC(=O)O[C@H](COC(=O)CCCCCCCCCCC/C=C\CCCCCCCC)COP(=O)(O)OCC[N+](C)(C)C. The Morgan fingerprint density at radius 2 is 0.950 bits per heavy atom. The molecule has 0 aromatic carbocycles. The fraction of sp³-hybridized carbons (Fsp3) is 0.760. The molecule has 10 heteroatoms. The monoisotopic (exact) mass is 865 g/mol. The second-order valence-corrected chi connectivity index (χ2v) is 18.6. The molecule has 0 aliphatic heterocycles. The zero-order chi connectivity index (χ0) is 44.3. The summed E-state index contributed by atoms with van der Waals surface area (Å²) in [5.41, 5.74) is 0. The van der Waals surface area contributed by atoms with E-state index in [1.807, 2.05) is 21.1 Å². The van der Waals surface area contributed by atoms with Crippen molar-refractivity contribution >= 4 is 19.8 Å². The predicted molar refractivity (Wildman–Crippen MR) is 252 cm³/mol. The van der Waals surface area contributed by atoms with Crippen molar-refractivity contribution in [3.63, 3.8) is 0 Å². The average molecular weight is 865 g/mol. The van der Waals surface area contributed by atoms with Crippen molar-refractivity contribution in [2.45, 2.75) is 200 Å². The van der Waals surface area contributed by atoms with Gasteiger partial charge in [-0.25, -0.2) is 4.57 Å². The van der Waals surface area contributed by atoms with E-state index in [2.05, 4.69) is 74.6 Å². The van der Waals surface area contributed by atoms with Crippen LogP contribution >= 0.6 is 7.82 Å². The van der Waals surface area contributed by atoms with Crippen LogP contribution in [0.25, 0.3) is 0 Å². The van der Waals surface area contributed by atoms with Gasteiger partial charge in [0, 0.05) is 12.8 Å². The number of esters is 2. The molecule has 60 heavy (non-hydrogen) atoms. The van der Waals surface area contributed by atoms with Crippen LogP contribution in [-0.4, -0.2) is 74.9 Å². The molecule has 0 saturated carbocycles. The molecule has 0 heterocycles. The lowest BCUT2D eigenvalue weighted by Crippen LogP contribution is -2.37. The van der Waals surface area contributed by atoms with Crippen LogP contribution in [0.15, 0.2) is 60.8 Å². The second-order valence-electron chi connectivity index (χ2n) is 17.1. The van der Waals surface area contributed by atoms with E-state index in [0.717, 1.165) is 70.6 Å². The van der Waals surface area contributed by atoms with Crippen LogP contribution < -0.4 is 0 Å². The van der Waals surface area contributed by atoms with Crippen molar-refractivity contribution < 1.29 is 42.1 Å². The molecule has 9 nitrogen and oxygen atoms in total. The summed E-state index contributed by atoms with van der Waals surface area (Å²) in [6, 6.07) is 0. The van der Waals surface area contributed by atoms with Crippen molar-refractivity contribution in [3.8, 4) is 0 Å². The Morgan fingerprint density at radius 1 is 0.533 bits per heavy atom. The van der Waals surface area contributed by atoms with E-state index in [-0.39, 0.29) is 32.0 Å². The molecule has 2 atom stereocenters. The zero-order valence-electron chi connectivity index (χ0n) is 39.2. The van der Waals surface area contributed by atoms with Gasteiger partial charge in [-0.2, -0.15) is 0 Å². The Kier molecular flexibility index (Phi) is 40.4. The highest BCUT2D eigenvalue weighted by molar-refractivity contribution is 7.47. The fourth-order valence-electron chi connectivity index (χ4n) is 6.29. The number of rotatable bonds is 43. The van der Waals surface area contributed by atoms with Crippen molar-refractivity contribution in [1.82, 2.24) is 0 Å². The van der Waals surface area contributed by atoms with Crippen LogP contribution in [0.2, 0.25) is 0 Å². The largest absolute Gasteiger partial charge is 0.472 e. The highest BCUT2D eigenvalue weighted by atomic mass is 31.2. The molecule has 0 fully saturated rings. The Hall–Kier alpha value is -2.29. The summed E-state index contributed by atoms with van der Waals surface area (Å²) in [4.78, 5) is 35.5. The Labute approximate surface area is 368 Å². The Balaban J connectivity index is 4.34. The Bertz CT molecular complexity index is 1210. The van der Waals surface area contributed by atoms with E-state index in [4.69, 9.17) is 18.5 Å². The quantitative estimate of drug-likeness (QED) is 0.0212. The number of nitrogens with zero attached hydrogens (tertiary/aromatic N) is 1. The molecule has 0 aliphatic carbocycles. The third kappa shape index (κ3) is 45.2. The summed E-state index contributed by atoms with van der Waals surface area (Å²) in [7, 11) is 1.45. The van der Waals surface area contributed by atoms with Crippen LogP contribution in [0.1, 0.15) is 194 Å². The van der Waals surface area contributed by atoms with Crippen molar-refractivity contribution in [3.05, 3.63) is 60.8 Å². The summed E-state index contributed by atoms with van der Waals surface area (Å²) >= 11 is 0. The molecule has 0 radical (unpaired) electrons. The number of quaternary nitrogens is 1. The van der Waals surface area contributed by atoms with E-state index in [0.29, 0.717) is 17.4 Å². The maximum Gasteiger partial charge on any atom is 0.472 e. The molecule has 0 aromatic heterocycles. The molecule has 0 rings (SSSR count). The molecule has 0 bridgehead atoms. The molecule has 0 aliphatic rings. The molecule has 348 valence electrons. The molecule has 0 amide bonds. The lowest BCUT2D eigenvalue weighted by molar-refractivity contribution is -0.870. The predicted octanol–water partition coefficient (Wildman–Crippen LogP) is 14.0. The number of phosphoric ester groups is 1. The van der Waals surface area contributed by atoms with Gasteiger partial charge >= 0.3 is 19.8 Å². The number of hydrogen-bond donors (Lipinski definition) is 1. The maximum absolute atomic E-state index is 12.7. The first-order valence-electron chi connectivity index (χ1n) is 24.0. The van der Waals surface area contributed by atoms with E-state index in [1.165, 1.54) is 89.9 Å². The van der Waals surface area contributed by atoms with Crippen LogP contribution in [-0.2, 0) is 32.7 Å². The van der Waals surface area contributed by atoms with Gasteiger partial charge in [0.1, 0.15) is 19.8 Å². The molecular formula is C50H91NO8P+. The summed E-state index contributed by atoms with van der Waals surface area (Å²) < 4.78 is 34.4. The molecule has 0 aromatic rings. The number of ether oxygens (including phenoxy) is 2. The number of carbonyl (C=O) groups is 2. The highest BCUT2D eigenvalue weighted by Gasteiger charge is 2.27. The summed E-state index contributed by atoms with van der Waals surface area (Å²) in [5, 5.41) is 0. The number of allylic oxidation sites excluding steroid dienone is 10. The zero-order valence-corrected chi connectivity index (χ0v) is 40.1. The van der Waals surface area contributed by atoms with Gasteiger partial charge in [0.15, 0.2) is 6.10 Å². The number of likely N-dealkylation sites (N-methyl/N-ethyl adjacent to an activating group) is 1. The lowest BCUT2D eigenvalue weighted by Gasteiger charge is -2.24. The van der Waals surface area contributed by atoms with E-state index in [9.17, 15) is 19.0 Å². The van der Waals surface area contributed by atoms with Gasteiger partial charge in [-0.3, -0.25) is 18.6 Å². The maximum atomic E-state index is 12.7. The van der Waals surface area contributed by atoms with E-state index in [1.54, 1.807) is 0 Å². The third-order valence-electron chi connectivity index (χ3n) is 10.0. The number of carbonyl (C=O) groups excluding carboxylic acids is 2. The van der Waals surface area contributed by atoms with E-state index >= 15 is 0 Å². The standard InChI is InChI=1S/C50H90NO8P/c1-6-8-10-12-14-16-18-20-22-24-25-27-28-30-32-34-36-38-40-42-49(52)56-46-48(47-58-60(54,55)57-45-44-51(3,4)5)59-50(53)43-41-39-37-35-33-31-29-26-23-21-19-17-15-13-11-9-7-2/h9,11,15,17,20-23,29,31,48H,6-8,10,12-14,16,18-19,24-28,30,32-47H2,1-5H3/p+1/b11-9-,17-15-,22-20-,23-21-,31-29-/t48-/m1/s1. The van der Waals surface area contributed by atoms with Gasteiger partial charge in [-0.15, -0.1) is 0 Å². The van der Waals surface area contributed by atoms with E-state index < -0.39 is 26.5 Å². The van der Waals surface area contributed by atoms with Gasteiger partial charge in [-0.1, -0.05) is 164 Å². The smallest absolute Gasteiger partial charge is 0.462 e. The van der Waals surface area contributed by atoms with Gasteiger partial charge in [0.05, 0.1) is 27.7 Å². The minimum absolute atomic E-state index is 0.0241. The van der Waals surface area contributed by atoms with Gasteiger partial charge < -0.3 is 18.9 Å². The lowest BCUT2D eigenvalue weighted by atomic mass is 10.1. The first-order valence-corrected chi connectivity index (χ1v) is 25.5. The summed E-state index contributed by atoms with van der Waals surface area (Å²) in [6.45, 7) is 4.28. The average Bonchev–Trinajstić information content (AvgIpc) is 3.20. The molecule has 1 N–H and O–H groups in total. The fourth-order valence-corrected chi connectivity index (χ4v) is 7.04. The topological polar surface area (TPSA) is 108 Å². The minimum atomic E-state index is -4.39.